The lowest BCUT2D eigenvalue weighted by atomic mass is 10.1. The van der Waals surface area contributed by atoms with Crippen molar-refractivity contribution in [3.63, 3.8) is 0 Å². The van der Waals surface area contributed by atoms with E-state index >= 15 is 0 Å². The lowest BCUT2D eigenvalue weighted by Gasteiger charge is -2.16. The molecule has 1 aromatic rings. The molecule has 3 heteroatoms. The Morgan fingerprint density at radius 1 is 1.11 bits per heavy atom. The molecule has 0 aliphatic carbocycles. The highest BCUT2D eigenvalue weighted by atomic mass is 16.5. The minimum Gasteiger partial charge on any atom is -0.497 e. The van der Waals surface area contributed by atoms with Gasteiger partial charge in [-0.25, -0.2) is 0 Å². The van der Waals surface area contributed by atoms with Crippen LogP contribution in [0.4, 0.5) is 0 Å². The third-order valence-corrected chi connectivity index (χ3v) is 3.46. The van der Waals surface area contributed by atoms with Gasteiger partial charge in [-0.2, -0.15) is 0 Å². The van der Waals surface area contributed by atoms with E-state index in [4.69, 9.17) is 9.47 Å². The van der Waals surface area contributed by atoms with Gasteiger partial charge >= 0.3 is 0 Å². The summed E-state index contributed by atoms with van der Waals surface area (Å²) < 4.78 is 10.9. The number of ether oxygens (including phenoxy) is 2. The SMILES string of the molecule is COc1ccc(OCCC2CCCCCN2)cc1. The van der Waals surface area contributed by atoms with Crippen LogP contribution in [0.15, 0.2) is 24.3 Å². The highest BCUT2D eigenvalue weighted by molar-refractivity contribution is 5.31. The largest absolute Gasteiger partial charge is 0.497 e. The van der Waals surface area contributed by atoms with Crippen molar-refractivity contribution in [2.45, 2.75) is 38.1 Å². The molecule has 1 atom stereocenters. The molecule has 0 spiro atoms. The Morgan fingerprint density at radius 2 is 1.89 bits per heavy atom. The predicted molar refractivity (Wildman–Crippen MR) is 73.4 cm³/mol. The summed E-state index contributed by atoms with van der Waals surface area (Å²) in [6, 6.07) is 8.41. The molecule has 100 valence electrons. The van der Waals surface area contributed by atoms with Crippen molar-refractivity contribution < 1.29 is 9.47 Å². The maximum absolute atomic E-state index is 5.75. The van der Waals surface area contributed by atoms with Crippen LogP contribution in [0.5, 0.6) is 11.5 Å². The monoisotopic (exact) mass is 249 g/mol. The third-order valence-electron chi connectivity index (χ3n) is 3.46. The molecule has 1 fully saturated rings. The van der Waals surface area contributed by atoms with Crippen molar-refractivity contribution in [2.75, 3.05) is 20.3 Å². The van der Waals surface area contributed by atoms with Gasteiger partial charge in [-0.3, -0.25) is 0 Å². The Balaban J connectivity index is 1.70. The molecule has 1 unspecified atom stereocenters. The quantitative estimate of drug-likeness (QED) is 0.870. The Bertz CT molecular complexity index is 329. The van der Waals surface area contributed by atoms with E-state index in [-0.39, 0.29) is 0 Å². The molecule has 1 saturated heterocycles. The summed E-state index contributed by atoms with van der Waals surface area (Å²) in [5.74, 6) is 1.79. The Hall–Kier alpha value is -1.22. The van der Waals surface area contributed by atoms with Crippen LogP contribution in [-0.2, 0) is 0 Å². The fraction of sp³-hybridized carbons (Fsp3) is 0.600. The second-order valence-electron chi connectivity index (χ2n) is 4.81. The lowest BCUT2D eigenvalue weighted by molar-refractivity contribution is 0.283. The normalized spacial score (nSPS) is 20.2. The Labute approximate surface area is 109 Å². The zero-order valence-electron chi connectivity index (χ0n) is 11.2. The molecule has 0 bridgehead atoms. The molecule has 0 amide bonds. The minimum atomic E-state index is 0.630. The number of rotatable bonds is 5. The molecule has 0 radical (unpaired) electrons. The Morgan fingerprint density at radius 3 is 2.67 bits per heavy atom. The van der Waals surface area contributed by atoms with Gasteiger partial charge in [-0.05, 0) is 50.1 Å². The summed E-state index contributed by atoms with van der Waals surface area (Å²) >= 11 is 0. The maximum atomic E-state index is 5.75. The predicted octanol–water partition coefficient (Wildman–Crippen LogP) is 3.00. The van der Waals surface area contributed by atoms with Crippen LogP contribution in [0, 0.1) is 0 Å². The van der Waals surface area contributed by atoms with Gasteiger partial charge in [0.15, 0.2) is 0 Å². The summed E-state index contributed by atoms with van der Waals surface area (Å²) in [5.41, 5.74) is 0. The molecular weight excluding hydrogens is 226 g/mol. The van der Waals surface area contributed by atoms with Crippen LogP contribution in [0.2, 0.25) is 0 Å². The van der Waals surface area contributed by atoms with E-state index in [2.05, 4.69) is 5.32 Å². The number of nitrogens with one attached hydrogen (secondary N) is 1. The first-order valence-electron chi connectivity index (χ1n) is 6.89. The third kappa shape index (κ3) is 4.22. The van der Waals surface area contributed by atoms with Gasteiger partial charge < -0.3 is 14.8 Å². The second kappa shape index (κ2) is 7.27. The van der Waals surface area contributed by atoms with Gasteiger partial charge in [0.25, 0.3) is 0 Å². The molecule has 1 aliphatic heterocycles. The van der Waals surface area contributed by atoms with Gasteiger partial charge in [0.2, 0.25) is 0 Å². The molecular formula is C15H23NO2. The van der Waals surface area contributed by atoms with Gasteiger partial charge in [-0.1, -0.05) is 12.8 Å². The highest BCUT2D eigenvalue weighted by Gasteiger charge is 2.10. The molecule has 1 N–H and O–H groups in total. The average Bonchev–Trinajstić information content (AvgIpc) is 2.68. The molecule has 1 aromatic carbocycles. The van der Waals surface area contributed by atoms with Crippen molar-refractivity contribution in [1.82, 2.24) is 5.32 Å². The zero-order chi connectivity index (χ0) is 12.6. The highest BCUT2D eigenvalue weighted by Crippen LogP contribution is 2.18. The van der Waals surface area contributed by atoms with Crippen molar-refractivity contribution in [1.29, 1.82) is 0 Å². The molecule has 1 aliphatic rings. The lowest BCUT2D eigenvalue weighted by Crippen LogP contribution is -2.29. The molecule has 1 heterocycles. The fourth-order valence-corrected chi connectivity index (χ4v) is 2.34. The summed E-state index contributed by atoms with van der Waals surface area (Å²) in [5, 5.41) is 3.59. The van der Waals surface area contributed by atoms with Crippen LogP contribution >= 0.6 is 0 Å². The van der Waals surface area contributed by atoms with Crippen LogP contribution in [-0.4, -0.2) is 26.3 Å². The topological polar surface area (TPSA) is 30.5 Å². The first-order chi connectivity index (χ1) is 8.88. The van der Waals surface area contributed by atoms with Crippen molar-refractivity contribution >= 4 is 0 Å². The number of methoxy groups -OCH3 is 1. The molecule has 18 heavy (non-hydrogen) atoms. The first kappa shape index (κ1) is 13.2. The second-order valence-corrected chi connectivity index (χ2v) is 4.81. The molecule has 3 nitrogen and oxygen atoms in total. The van der Waals surface area contributed by atoms with Crippen molar-refractivity contribution in [3.8, 4) is 11.5 Å². The fourth-order valence-electron chi connectivity index (χ4n) is 2.34. The van der Waals surface area contributed by atoms with Crippen LogP contribution in [0.25, 0.3) is 0 Å². The van der Waals surface area contributed by atoms with E-state index in [1.54, 1.807) is 7.11 Å². The summed E-state index contributed by atoms with van der Waals surface area (Å²) in [7, 11) is 1.67. The number of hydrogen-bond acceptors (Lipinski definition) is 3. The Kier molecular flexibility index (Phi) is 5.34. The van der Waals surface area contributed by atoms with E-state index in [9.17, 15) is 0 Å². The minimum absolute atomic E-state index is 0.630. The van der Waals surface area contributed by atoms with E-state index in [1.165, 1.54) is 25.7 Å². The van der Waals surface area contributed by atoms with Crippen molar-refractivity contribution in [2.24, 2.45) is 0 Å². The van der Waals surface area contributed by atoms with Gasteiger partial charge in [0.1, 0.15) is 11.5 Å². The van der Waals surface area contributed by atoms with E-state index in [0.717, 1.165) is 31.1 Å². The molecule has 0 saturated carbocycles. The van der Waals surface area contributed by atoms with Gasteiger partial charge in [0.05, 0.1) is 13.7 Å². The smallest absolute Gasteiger partial charge is 0.119 e. The maximum Gasteiger partial charge on any atom is 0.119 e. The average molecular weight is 249 g/mol. The standard InChI is InChI=1S/C15H23NO2/c1-17-14-6-8-15(9-7-14)18-12-10-13-5-3-2-4-11-16-13/h6-9,13,16H,2-5,10-12H2,1H3. The van der Waals surface area contributed by atoms with Crippen LogP contribution in [0.3, 0.4) is 0 Å². The van der Waals surface area contributed by atoms with E-state index < -0.39 is 0 Å². The van der Waals surface area contributed by atoms with Crippen LogP contribution < -0.4 is 14.8 Å². The van der Waals surface area contributed by atoms with E-state index in [0.29, 0.717) is 6.04 Å². The van der Waals surface area contributed by atoms with Crippen molar-refractivity contribution in [3.05, 3.63) is 24.3 Å². The van der Waals surface area contributed by atoms with Gasteiger partial charge in [-0.15, -0.1) is 0 Å². The molecule has 2 rings (SSSR count). The first-order valence-corrected chi connectivity index (χ1v) is 6.89. The molecule has 0 aromatic heterocycles. The summed E-state index contributed by atoms with van der Waals surface area (Å²) in [6.45, 7) is 1.94. The van der Waals surface area contributed by atoms with Crippen LogP contribution in [0.1, 0.15) is 32.1 Å². The van der Waals surface area contributed by atoms with Gasteiger partial charge in [0, 0.05) is 6.04 Å². The number of benzene rings is 1. The summed E-state index contributed by atoms with van der Waals surface area (Å²) in [4.78, 5) is 0. The number of hydrogen-bond donors (Lipinski definition) is 1. The summed E-state index contributed by atoms with van der Waals surface area (Å²) in [6.07, 6.45) is 6.40. The van der Waals surface area contributed by atoms with E-state index in [1.807, 2.05) is 24.3 Å². The zero-order valence-corrected chi connectivity index (χ0v) is 11.2.